The second-order valence-corrected chi connectivity index (χ2v) is 4.97. The Balaban J connectivity index is 2.99. The van der Waals surface area contributed by atoms with Crippen LogP contribution in [0.15, 0.2) is 18.2 Å². The number of alkyl halides is 1. The van der Waals surface area contributed by atoms with E-state index < -0.39 is 0 Å². The van der Waals surface area contributed by atoms with Gasteiger partial charge in [-0.1, -0.05) is 15.9 Å². The molecule has 0 unspecified atom stereocenters. The predicted molar refractivity (Wildman–Crippen MR) is 73.1 cm³/mol. The molecule has 1 aromatic carbocycles. The van der Waals surface area contributed by atoms with Gasteiger partial charge < -0.3 is 4.74 Å². The molecular weight excluding hydrogens is 371 g/mol. The zero-order chi connectivity index (χ0) is 11.3. The summed E-state index contributed by atoms with van der Waals surface area (Å²) in [6, 6.07) is 5.65. The van der Waals surface area contributed by atoms with Crippen LogP contribution in [-0.4, -0.2) is 17.7 Å². The van der Waals surface area contributed by atoms with Crippen LogP contribution in [0, 0.1) is 3.57 Å². The fraction of sp³-hybridized carbons (Fsp3) is 0.364. The Labute approximate surface area is 112 Å². The zero-order valence-corrected chi connectivity index (χ0v) is 12.2. The van der Waals surface area contributed by atoms with Gasteiger partial charge in [0.25, 0.3) is 0 Å². The first-order valence-electron chi connectivity index (χ1n) is 4.70. The molecule has 0 saturated carbocycles. The smallest absolute Gasteiger partial charge is 0.167 e. The van der Waals surface area contributed by atoms with E-state index >= 15 is 0 Å². The lowest BCUT2D eigenvalue weighted by molar-refractivity contribution is 0.0986. The summed E-state index contributed by atoms with van der Waals surface area (Å²) in [5.74, 6) is 0.807. The summed E-state index contributed by atoms with van der Waals surface area (Å²) < 4.78 is 6.52. The van der Waals surface area contributed by atoms with Gasteiger partial charge in [0.15, 0.2) is 5.78 Å². The molecule has 1 aromatic rings. The summed E-state index contributed by atoms with van der Waals surface area (Å²) in [5, 5.41) is 0.684. The Bertz CT molecular complexity index is 352. The monoisotopic (exact) mass is 382 g/mol. The predicted octanol–water partition coefficient (Wildman–Crippen LogP) is 3.66. The molecule has 0 aliphatic heterocycles. The number of Topliss-reactive ketones (excluding diaryl/α,β-unsaturated/α-hetero) is 1. The zero-order valence-electron chi connectivity index (χ0n) is 8.43. The largest absolute Gasteiger partial charge is 0.493 e. The third-order valence-corrected chi connectivity index (χ3v) is 2.93. The van der Waals surface area contributed by atoms with E-state index in [2.05, 4.69) is 38.5 Å². The van der Waals surface area contributed by atoms with Crippen molar-refractivity contribution in [2.75, 3.05) is 11.9 Å². The molecule has 0 aliphatic rings. The fourth-order valence-corrected chi connectivity index (χ4v) is 2.04. The Hall–Kier alpha value is -0.100. The highest BCUT2D eigenvalue weighted by Gasteiger charge is 2.11. The van der Waals surface area contributed by atoms with Crippen molar-refractivity contribution in [3.63, 3.8) is 0 Å². The quantitative estimate of drug-likeness (QED) is 0.441. The maximum absolute atomic E-state index is 11.7. The number of carbonyl (C=O) groups excluding carboxylic acids is 1. The van der Waals surface area contributed by atoms with Gasteiger partial charge in [0.2, 0.25) is 0 Å². The van der Waals surface area contributed by atoms with Crippen molar-refractivity contribution >= 4 is 44.3 Å². The SMILES string of the molecule is CCOc1cc(I)ccc1C(=O)CCBr. The first-order valence-corrected chi connectivity index (χ1v) is 6.90. The van der Waals surface area contributed by atoms with Gasteiger partial charge in [0.05, 0.1) is 12.2 Å². The Morgan fingerprint density at radius 2 is 2.27 bits per heavy atom. The van der Waals surface area contributed by atoms with E-state index in [-0.39, 0.29) is 5.78 Å². The van der Waals surface area contributed by atoms with Crippen LogP contribution in [0.25, 0.3) is 0 Å². The minimum absolute atomic E-state index is 0.117. The molecule has 0 fully saturated rings. The number of rotatable bonds is 5. The van der Waals surface area contributed by atoms with E-state index in [1.165, 1.54) is 0 Å². The summed E-state index contributed by atoms with van der Waals surface area (Å²) in [4.78, 5) is 11.7. The van der Waals surface area contributed by atoms with Crippen molar-refractivity contribution in [1.82, 2.24) is 0 Å². The van der Waals surface area contributed by atoms with Crippen LogP contribution in [0.3, 0.4) is 0 Å². The molecule has 82 valence electrons. The van der Waals surface area contributed by atoms with Gasteiger partial charge >= 0.3 is 0 Å². The van der Waals surface area contributed by atoms with Crippen LogP contribution in [0.5, 0.6) is 5.75 Å². The lowest BCUT2D eigenvalue weighted by Crippen LogP contribution is -2.04. The van der Waals surface area contributed by atoms with Crippen LogP contribution >= 0.6 is 38.5 Å². The van der Waals surface area contributed by atoms with Crippen molar-refractivity contribution in [2.45, 2.75) is 13.3 Å². The Morgan fingerprint density at radius 3 is 2.87 bits per heavy atom. The molecule has 0 N–H and O–H groups in total. The summed E-state index contributed by atoms with van der Waals surface area (Å²) in [6.07, 6.45) is 0.501. The van der Waals surface area contributed by atoms with E-state index in [9.17, 15) is 4.79 Å². The van der Waals surface area contributed by atoms with Gasteiger partial charge in [-0.3, -0.25) is 4.79 Å². The number of halogens is 2. The molecule has 0 aliphatic carbocycles. The highest BCUT2D eigenvalue weighted by atomic mass is 127. The number of ketones is 1. The molecule has 0 bridgehead atoms. The molecule has 0 amide bonds. The second-order valence-electron chi connectivity index (χ2n) is 2.94. The molecule has 0 heterocycles. The van der Waals surface area contributed by atoms with Crippen molar-refractivity contribution in [2.24, 2.45) is 0 Å². The second kappa shape index (κ2) is 6.48. The van der Waals surface area contributed by atoms with Gasteiger partial charge in [-0.15, -0.1) is 0 Å². The standard InChI is InChI=1S/C11H12BrIO2/c1-2-15-11-7-8(13)3-4-9(11)10(14)5-6-12/h3-4,7H,2,5-6H2,1H3. The summed E-state index contributed by atoms with van der Waals surface area (Å²) in [5.41, 5.74) is 0.678. The molecule has 4 heteroatoms. The van der Waals surface area contributed by atoms with Gasteiger partial charge in [-0.25, -0.2) is 0 Å². The topological polar surface area (TPSA) is 26.3 Å². The van der Waals surface area contributed by atoms with Gasteiger partial charge in [-0.2, -0.15) is 0 Å². The number of benzene rings is 1. The van der Waals surface area contributed by atoms with E-state index in [4.69, 9.17) is 4.74 Å². The third kappa shape index (κ3) is 3.75. The van der Waals surface area contributed by atoms with E-state index in [1.807, 2.05) is 25.1 Å². The van der Waals surface area contributed by atoms with E-state index in [1.54, 1.807) is 0 Å². The summed E-state index contributed by atoms with van der Waals surface area (Å²) >= 11 is 5.47. The average molecular weight is 383 g/mol. The number of hydrogen-bond donors (Lipinski definition) is 0. The molecule has 0 atom stereocenters. The minimum atomic E-state index is 0.117. The fourth-order valence-electron chi connectivity index (χ4n) is 1.22. The van der Waals surface area contributed by atoms with Crippen molar-refractivity contribution in [1.29, 1.82) is 0 Å². The molecular formula is C11H12BrIO2. The highest BCUT2D eigenvalue weighted by molar-refractivity contribution is 14.1. The first kappa shape index (κ1) is 13.0. The molecule has 0 radical (unpaired) electrons. The molecule has 0 aromatic heterocycles. The van der Waals surface area contributed by atoms with E-state index in [0.29, 0.717) is 29.7 Å². The summed E-state index contributed by atoms with van der Waals surface area (Å²) in [6.45, 7) is 2.49. The number of hydrogen-bond acceptors (Lipinski definition) is 2. The molecule has 0 spiro atoms. The van der Waals surface area contributed by atoms with Crippen LogP contribution in [-0.2, 0) is 0 Å². The van der Waals surface area contributed by atoms with Gasteiger partial charge in [0, 0.05) is 15.3 Å². The average Bonchev–Trinajstić information content (AvgIpc) is 2.18. The Kier molecular flexibility index (Phi) is 5.60. The van der Waals surface area contributed by atoms with Crippen LogP contribution in [0.1, 0.15) is 23.7 Å². The first-order chi connectivity index (χ1) is 7.19. The minimum Gasteiger partial charge on any atom is -0.493 e. The van der Waals surface area contributed by atoms with Crippen LogP contribution in [0.4, 0.5) is 0 Å². The lowest BCUT2D eigenvalue weighted by atomic mass is 10.1. The normalized spacial score (nSPS) is 10.1. The maximum atomic E-state index is 11.7. The van der Waals surface area contributed by atoms with Gasteiger partial charge in [0.1, 0.15) is 5.75 Å². The highest BCUT2D eigenvalue weighted by Crippen LogP contribution is 2.23. The molecule has 0 saturated heterocycles. The summed E-state index contributed by atoms with van der Waals surface area (Å²) in [7, 11) is 0. The molecule has 15 heavy (non-hydrogen) atoms. The molecule has 2 nitrogen and oxygen atoms in total. The molecule has 1 rings (SSSR count). The number of ether oxygens (including phenoxy) is 1. The van der Waals surface area contributed by atoms with Crippen molar-refractivity contribution in [3.8, 4) is 5.75 Å². The third-order valence-electron chi connectivity index (χ3n) is 1.87. The lowest BCUT2D eigenvalue weighted by Gasteiger charge is -2.09. The Morgan fingerprint density at radius 1 is 1.53 bits per heavy atom. The van der Waals surface area contributed by atoms with Gasteiger partial charge in [-0.05, 0) is 47.7 Å². The van der Waals surface area contributed by atoms with Crippen LogP contribution < -0.4 is 4.74 Å². The number of carbonyl (C=O) groups is 1. The van der Waals surface area contributed by atoms with Crippen LogP contribution in [0.2, 0.25) is 0 Å². The maximum Gasteiger partial charge on any atom is 0.167 e. The van der Waals surface area contributed by atoms with E-state index in [0.717, 1.165) is 3.57 Å². The van der Waals surface area contributed by atoms with Crippen molar-refractivity contribution in [3.05, 3.63) is 27.3 Å². The van der Waals surface area contributed by atoms with Crippen molar-refractivity contribution < 1.29 is 9.53 Å².